The molecule has 0 amide bonds. The summed E-state index contributed by atoms with van der Waals surface area (Å²) in [7, 11) is 0. The van der Waals surface area contributed by atoms with Gasteiger partial charge in [-0.1, -0.05) is 51.4 Å². The summed E-state index contributed by atoms with van der Waals surface area (Å²) in [5.74, 6) is -0.971. The van der Waals surface area contributed by atoms with E-state index >= 15 is 0 Å². The Balaban J connectivity index is 1.46. The molecular weight excluding hydrogens is 328 g/mol. The summed E-state index contributed by atoms with van der Waals surface area (Å²) in [6.45, 7) is 0.446. The highest BCUT2D eigenvalue weighted by Crippen LogP contribution is 2.36. The van der Waals surface area contributed by atoms with Crippen molar-refractivity contribution in [2.24, 2.45) is 0 Å². The fourth-order valence-corrected chi connectivity index (χ4v) is 5.24. The molecule has 4 fully saturated rings. The molecule has 0 atom stereocenters. The van der Waals surface area contributed by atoms with Crippen molar-refractivity contribution in [3.05, 3.63) is 0 Å². The Bertz CT molecular complexity index is 357. The van der Waals surface area contributed by atoms with E-state index < -0.39 is 5.97 Å². The number of hydrogen-bond donors (Lipinski definition) is 0. The smallest absolute Gasteiger partial charge is 0.308 e. The molecule has 0 heterocycles. The average molecular weight is 367 g/mol. The Morgan fingerprint density at radius 3 is 1.12 bits per heavy atom. The van der Waals surface area contributed by atoms with Crippen molar-refractivity contribution in [1.82, 2.24) is 0 Å². The molecule has 4 aliphatic rings. The lowest BCUT2D eigenvalue weighted by Gasteiger charge is -2.39. The van der Waals surface area contributed by atoms with Crippen LogP contribution < -0.4 is 0 Å². The Kier molecular flexibility index (Phi) is 6.90. The largest absolute Gasteiger partial charge is 0.370 e. The minimum absolute atomic E-state index is 0.269. The van der Waals surface area contributed by atoms with Gasteiger partial charge in [0.05, 0.1) is 24.4 Å². The Hall–Kier alpha value is -0.160. The van der Waals surface area contributed by atoms with E-state index in [0.29, 0.717) is 12.7 Å². The van der Waals surface area contributed by atoms with Gasteiger partial charge in [0.2, 0.25) is 0 Å². The Morgan fingerprint density at radius 2 is 0.769 bits per heavy atom. The summed E-state index contributed by atoms with van der Waals surface area (Å²) >= 11 is 0. The molecule has 4 nitrogen and oxygen atoms in total. The number of hydrogen-bond acceptors (Lipinski definition) is 4. The van der Waals surface area contributed by atoms with Crippen LogP contribution in [0.25, 0.3) is 0 Å². The van der Waals surface area contributed by atoms with Gasteiger partial charge in [0.1, 0.15) is 6.61 Å². The minimum Gasteiger partial charge on any atom is -0.370 e. The first-order valence-corrected chi connectivity index (χ1v) is 11.5. The highest BCUT2D eigenvalue weighted by molar-refractivity contribution is 4.78. The molecular formula is C22H38O4. The van der Waals surface area contributed by atoms with Crippen LogP contribution in [0.4, 0.5) is 0 Å². The van der Waals surface area contributed by atoms with Gasteiger partial charge in [-0.15, -0.1) is 0 Å². The minimum atomic E-state index is -0.971. The number of ether oxygens (including phenoxy) is 4. The van der Waals surface area contributed by atoms with Crippen molar-refractivity contribution < 1.29 is 18.9 Å². The van der Waals surface area contributed by atoms with E-state index in [-0.39, 0.29) is 18.3 Å². The summed E-state index contributed by atoms with van der Waals surface area (Å²) in [6, 6.07) is 0. The molecule has 4 aliphatic carbocycles. The van der Waals surface area contributed by atoms with Crippen LogP contribution in [0.15, 0.2) is 0 Å². The van der Waals surface area contributed by atoms with Crippen molar-refractivity contribution in [1.29, 1.82) is 0 Å². The third kappa shape index (κ3) is 5.21. The molecule has 0 aromatic carbocycles. The molecule has 4 saturated carbocycles. The molecule has 0 aromatic rings. The van der Waals surface area contributed by atoms with Gasteiger partial charge < -0.3 is 18.9 Å². The maximum Gasteiger partial charge on any atom is 0.308 e. The van der Waals surface area contributed by atoms with Gasteiger partial charge in [0.25, 0.3) is 0 Å². The molecule has 0 aliphatic heterocycles. The predicted molar refractivity (Wildman–Crippen MR) is 101 cm³/mol. The monoisotopic (exact) mass is 366 g/mol. The predicted octanol–water partition coefficient (Wildman–Crippen LogP) is 5.48. The van der Waals surface area contributed by atoms with E-state index in [1.165, 1.54) is 64.2 Å². The quantitative estimate of drug-likeness (QED) is 0.507. The van der Waals surface area contributed by atoms with Crippen molar-refractivity contribution in [2.45, 2.75) is 133 Å². The van der Waals surface area contributed by atoms with E-state index in [1.54, 1.807) is 0 Å². The van der Waals surface area contributed by atoms with Gasteiger partial charge >= 0.3 is 5.97 Å². The third-order valence-corrected chi connectivity index (χ3v) is 6.74. The van der Waals surface area contributed by atoms with Crippen molar-refractivity contribution >= 4 is 0 Å². The molecule has 0 bridgehead atoms. The third-order valence-electron chi connectivity index (χ3n) is 6.74. The maximum absolute atomic E-state index is 6.61. The summed E-state index contributed by atoms with van der Waals surface area (Å²) in [5, 5.41) is 0. The van der Waals surface area contributed by atoms with E-state index in [9.17, 15) is 0 Å². The molecule has 150 valence electrons. The Labute approximate surface area is 159 Å². The van der Waals surface area contributed by atoms with Gasteiger partial charge in [0, 0.05) is 0 Å². The van der Waals surface area contributed by atoms with Crippen LogP contribution in [-0.2, 0) is 18.9 Å². The zero-order valence-corrected chi connectivity index (χ0v) is 16.5. The lowest BCUT2D eigenvalue weighted by atomic mass is 10.2. The Morgan fingerprint density at radius 1 is 0.462 bits per heavy atom. The van der Waals surface area contributed by atoms with Crippen LogP contribution in [0.5, 0.6) is 0 Å². The van der Waals surface area contributed by atoms with Gasteiger partial charge in [-0.2, -0.15) is 0 Å². The highest BCUT2D eigenvalue weighted by atomic mass is 16.9. The highest BCUT2D eigenvalue weighted by Gasteiger charge is 2.44. The molecule has 0 unspecified atom stereocenters. The summed E-state index contributed by atoms with van der Waals surface area (Å²) < 4.78 is 26.2. The SMILES string of the molecule is C1CCC(OCC(OC2CCCC2)(OC2CCCC2)OC2CCCC2)C1. The molecule has 0 N–H and O–H groups in total. The lowest BCUT2D eigenvalue weighted by Crippen LogP contribution is -2.50. The second-order valence-electron chi connectivity index (χ2n) is 8.97. The van der Waals surface area contributed by atoms with E-state index in [0.717, 1.165) is 38.5 Å². The van der Waals surface area contributed by atoms with Crippen molar-refractivity contribution in [3.63, 3.8) is 0 Å². The van der Waals surface area contributed by atoms with Gasteiger partial charge in [-0.3, -0.25) is 0 Å². The lowest BCUT2D eigenvalue weighted by molar-refractivity contribution is -0.429. The normalized spacial score (nSPS) is 27.2. The molecule has 0 spiro atoms. The topological polar surface area (TPSA) is 36.9 Å². The van der Waals surface area contributed by atoms with Crippen LogP contribution >= 0.6 is 0 Å². The van der Waals surface area contributed by atoms with Gasteiger partial charge in [0.15, 0.2) is 0 Å². The fourth-order valence-electron chi connectivity index (χ4n) is 5.24. The molecule has 0 radical (unpaired) electrons. The zero-order chi connectivity index (χ0) is 17.7. The maximum atomic E-state index is 6.61. The van der Waals surface area contributed by atoms with Crippen LogP contribution in [0.1, 0.15) is 103 Å². The standard InChI is InChI=1S/C22H38O4/c1-2-10-18(9-1)23-17-22(24-19-11-3-4-12-19,25-20-13-5-6-14-20)26-21-15-7-8-16-21/h18-21H,1-17H2. The van der Waals surface area contributed by atoms with Crippen molar-refractivity contribution in [2.75, 3.05) is 6.61 Å². The first-order valence-electron chi connectivity index (χ1n) is 11.5. The molecule has 0 aromatic heterocycles. The van der Waals surface area contributed by atoms with Crippen LogP contribution in [0.2, 0.25) is 0 Å². The van der Waals surface area contributed by atoms with Gasteiger partial charge in [-0.05, 0) is 51.4 Å². The van der Waals surface area contributed by atoms with Crippen LogP contribution in [0.3, 0.4) is 0 Å². The van der Waals surface area contributed by atoms with Crippen molar-refractivity contribution in [3.8, 4) is 0 Å². The zero-order valence-electron chi connectivity index (χ0n) is 16.5. The number of rotatable bonds is 9. The van der Waals surface area contributed by atoms with Crippen LogP contribution in [0, 0.1) is 0 Å². The van der Waals surface area contributed by atoms with Crippen LogP contribution in [-0.4, -0.2) is 37.0 Å². The fraction of sp³-hybridized carbons (Fsp3) is 1.00. The molecule has 4 rings (SSSR count). The molecule has 0 saturated heterocycles. The summed E-state index contributed by atoms with van der Waals surface area (Å²) in [5.41, 5.74) is 0. The summed E-state index contributed by atoms with van der Waals surface area (Å²) in [6.07, 6.45) is 20.4. The van der Waals surface area contributed by atoms with E-state index in [2.05, 4.69) is 0 Å². The van der Waals surface area contributed by atoms with Gasteiger partial charge in [-0.25, -0.2) is 0 Å². The second kappa shape index (κ2) is 9.36. The first-order chi connectivity index (χ1) is 12.8. The van der Waals surface area contributed by atoms with E-state index in [4.69, 9.17) is 18.9 Å². The van der Waals surface area contributed by atoms with E-state index in [1.807, 2.05) is 0 Å². The average Bonchev–Trinajstić information content (AvgIpc) is 3.42. The molecule has 26 heavy (non-hydrogen) atoms. The second-order valence-corrected chi connectivity index (χ2v) is 8.97. The summed E-state index contributed by atoms with van der Waals surface area (Å²) in [4.78, 5) is 0. The molecule has 4 heteroatoms. The first kappa shape index (κ1) is 19.2.